The molecule has 0 aliphatic heterocycles. The lowest BCUT2D eigenvalue weighted by Gasteiger charge is -2.09. The maximum atomic E-state index is 11.1. The number of esters is 1. The van der Waals surface area contributed by atoms with Crippen LogP contribution in [0.5, 0.6) is 0 Å². The molecular formula is C10H14N2O3. The van der Waals surface area contributed by atoms with Gasteiger partial charge in [-0.2, -0.15) is 0 Å². The third-order valence-electron chi connectivity index (χ3n) is 2.05. The lowest BCUT2D eigenvalue weighted by atomic mass is 10.1. The standard InChI is InChI=1S/C10H14N2O3/c1-15-10(14)9-3-2-7(6-12-9)8(11)4-5-13/h2-3,6,8,13H,4-5,11H2,1H3. The highest BCUT2D eigenvalue weighted by atomic mass is 16.5. The van der Waals surface area contributed by atoms with Crippen molar-refractivity contribution in [1.82, 2.24) is 4.98 Å². The molecule has 1 aromatic rings. The molecule has 0 bridgehead atoms. The minimum atomic E-state index is -0.475. The molecule has 0 aliphatic rings. The van der Waals surface area contributed by atoms with Gasteiger partial charge in [-0.1, -0.05) is 6.07 Å². The SMILES string of the molecule is COC(=O)c1ccc(C(N)CCO)cn1. The molecule has 0 amide bonds. The Hall–Kier alpha value is -1.46. The van der Waals surface area contributed by atoms with Crippen LogP contribution < -0.4 is 5.73 Å². The van der Waals surface area contributed by atoms with Crippen LogP contribution >= 0.6 is 0 Å². The summed E-state index contributed by atoms with van der Waals surface area (Å²) in [6, 6.07) is 3.01. The lowest BCUT2D eigenvalue weighted by molar-refractivity contribution is 0.0594. The first-order chi connectivity index (χ1) is 7.19. The molecule has 1 rings (SSSR count). The Morgan fingerprint density at radius 2 is 2.40 bits per heavy atom. The molecule has 5 nitrogen and oxygen atoms in total. The quantitative estimate of drug-likeness (QED) is 0.696. The van der Waals surface area contributed by atoms with Crippen molar-refractivity contribution in [3.8, 4) is 0 Å². The average molecular weight is 210 g/mol. The van der Waals surface area contributed by atoms with E-state index in [9.17, 15) is 4.79 Å². The molecule has 1 heterocycles. The number of aliphatic hydroxyl groups is 1. The van der Waals surface area contributed by atoms with Gasteiger partial charge >= 0.3 is 5.97 Å². The molecule has 5 heteroatoms. The first kappa shape index (κ1) is 11.6. The summed E-state index contributed by atoms with van der Waals surface area (Å²) in [5, 5.41) is 8.70. The number of nitrogens with two attached hydrogens (primary N) is 1. The molecule has 3 N–H and O–H groups in total. The Morgan fingerprint density at radius 3 is 2.87 bits per heavy atom. The van der Waals surface area contributed by atoms with Crippen LogP contribution in [0.4, 0.5) is 0 Å². The smallest absolute Gasteiger partial charge is 0.356 e. The summed E-state index contributed by atoms with van der Waals surface area (Å²) in [6.45, 7) is 0.0277. The Bertz CT molecular complexity index is 324. The monoisotopic (exact) mass is 210 g/mol. The van der Waals surface area contributed by atoms with Gasteiger partial charge in [-0.25, -0.2) is 9.78 Å². The van der Waals surface area contributed by atoms with E-state index in [2.05, 4.69) is 9.72 Å². The second-order valence-corrected chi connectivity index (χ2v) is 3.09. The van der Waals surface area contributed by atoms with Crippen molar-refractivity contribution in [1.29, 1.82) is 0 Å². The van der Waals surface area contributed by atoms with Crippen LogP contribution in [0.25, 0.3) is 0 Å². The lowest BCUT2D eigenvalue weighted by Crippen LogP contribution is -2.13. The minimum Gasteiger partial charge on any atom is -0.464 e. The Labute approximate surface area is 87.9 Å². The van der Waals surface area contributed by atoms with Crippen LogP contribution in [0.15, 0.2) is 18.3 Å². The molecule has 15 heavy (non-hydrogen) atoms. The Morgan fingerprint density at radius 1 is 1.67 bits per heavy atom. The average Bonchev–Trinajstić information content (AvgIpc) is 2.28. The number of nitrogens with zero attached hydrogens (tertiary/aromatic N) is 1. The van der Waals surface area contributed by atoms with E-state index in [4.69, 9.17) is 10.8 Å². The van der Waals surface area contributed by atoms with Gasteiger partial charge in [0, 0.05) is 18.8 Å². The number of aromatic nitrogens is 1. The van der Waals surface area contributed by atoms with Crippen molar-refractivity contribution in [2.75, 3.05) is 13.7 Å². The van der Waals surface area contributed by atoms with Crippen LogP contribution in [-0.4, -0.2) is 29.8 Å². The van der Waals surface area contributed by atoms with Gasteiger partial charge in [0.05, 0.1) is 7.11 Å². The number of rotatable bonds is 4. The van der Waals surface area contributed by atoms with Crippen LogP contribution in [0, 0.1) is 0 Å². The normalized spacial score (nSPS) is 12.2. The van der Waals surface area contributed by atoms with Crippen molar-refractivity contribution in [3.05, 3.63) is 29.6 Å². The van der Waals surface area contributed by atoms with E-state index in [1.807, 2.05) is 0 Å². The van der Waals surface area contributed by atoms with Gasteiger partial charge < -0.3 is 15.6 Å². The summed E-state index contributed by atoms with van der Waals surface area (Å²) in [5.41, 5.74) is 6.78. The molecule has 0 radical (unpaired) electrons. The summed E-state index contributed by atoms with van der Waals surface area (Å²) in [5.74, 6) is -0.475. The van der Waals surface area contributed by atoms with Gasteiger partial charge in [0.25, 0.3) is 0 Å². The van der Waals surface area contributed by atoms with Gasteiger partial charge in [-0.15, -0.1) is 0 Å². The van der Waals surface area contributed by atoms with Crippen molar-refractivity contribution in [2.24, 2.45) is 5.73 Å². The van der Waals surface area contributed by atoms with Crippen molar-refractivity contribution in [3.63, 3.8) is 0 Å². The first-order valence-electron chi connectivity index (χ1n) is 4.59. The first-order valence-corrected chi connectivity index (χ1v) is 4.59. The number of hydrogen-bond acceptors (Lipinski definition) is 5. The van der Waals surface area contributed by atoms with Crippen LogP contribution in [0.2, 0.25) is 0 Å². The number of pyridine rings is 1. The maximum Gasteiger partial charge on any atom is 0.356 e. The number of ether oxygens (including phenoxy) is 1. The zero-order valence-corrected chi connectivity index (χ0v) is 8.51. The fourth-order valence-corrected chi connectivity index (χ4v) is 1.16. The van der Waals surface area contributed by atoms with E-state index >= 15 is 0 Å². The minimum absolute atomic E-state index is 0.0277. The molecule has 0 aromatic carbocycles. The summed E-state index contributed by atoms with van der Waals surface area (Å²) < 4.78 is 4.51. The second-order valence-electron chi connectivity index (χ2n) is 3.09. The van der Waals surface area contributed by atoms with E-state index < -0.39 is 5.97 Å². The molecule has 0 saturated carbocycles. The molecule has 82 valence electrons. The maximum absolute atomic E-state index is 11.1. The molecule has 1 atom stereocenters. The largest absolute Gasteiger partial charge is 0.464 e. The van der Waals surface area contributed by atoms with E-state index in [1.165, 1.54) is 13.3 Å². The highest BCUT2D eigenvalue weighted by molar-refractivity contribution is 5.86. The van der Waals surface area contributed by atoms with E-state index in [0.717, 1.165) is 5.56 Å². The molecule has 0 spiro atoms. The molecule has 1 unspecified atom stereocenters. The third-order valence-corrected chi connectivity index (χ3v) is 2.05. The summed E-state index contributed by atoms with van der Waals surface area (Å²) in [6.07, 6.45) is 1.99. The predicted octanol–water partition coefficient (Wildman–Crippen LogP) is 0.250. The highest BCUT2D eigenvalue weighted by Crippen LogP contribution is 2.12. The number of aliphatic hydroxyl groups excluding tert-OH is 1. The van der Waals surface area contributed by atoms with Crippen molar-refractivity contribution >= 4 is 5.97 Å². The zero-order valence-electron chi connectivity index (χ0n) is 8.51. The fraction of sp³-hybridized carbons (Fsp3) is 0.400. The van der Waals surface area contributed by atoms with Gasteiger partial charge in [-0.05, 0) is 18.1 Å². The van der Waals surface area contributed by atoms with Crippen LogP contribution in [-0.2, 0) is 4.74 Å². The van der Waals surface area contributed by atoms with Crippen LogP contribution in [0.1, 0.15) is 28.5 Å². The Kier molecular flexibility index (Phi) is 4.20. The number of carbonyl (C=O) groups excluding carboxylic acids is 1. The van der Waals surface area contributed by atoms with Crippen LogP contribution in [0.3, 0.4) is 0 Å². The number of carbonyl (C=O) groups is 1. The van der Waals surface area contributed by atoms with E-state index in [1.54, 1.807) is 12.1 Å². The molecular weight excluding hydrogens is 196 g/mol. The summed E-state index contributed by atoms with van der Waals surface area (Å²) in [4.78, 5) is 15.0. The van der Waals surface area contributed by atoms with Gasteiger partial charge in [-0.3, -0.25) is 0 Å². The molecule has 0 aliphatic carbocycles. The summed E-state index contributed by atoms with van der Waals surface area (Å²) in [7, 11) is 1.30. The molecule has 0 fully saturated rings. The van der Waals surface area contributed by atoms with Gasteiger partial charge in [0.2, 0.25) is 0 Å². The van der Waals surface area contributed by atoms with Crippen molar-refractivity contribution in [2.45, 2.75) is 12.5 Å². The van der Waals surface area contributed by atoms with Crippen molar-refractivity contribution < 1.29 is 14.6 Å². The molecule has 0 saturated heterocycles. The third kappa shape index (κ3) is 3.00. The highest BCUT2D eigenvalue weighted by Gasteiger charge is 2.09. The predicted molar refractivity (Wildman–Crippen MR) is 54.2 cm³/mol. The second kappa shape index (κ2) is 5.43. The Balaban J connectivity index is 2.76. The van der Waals surface area contributed by atoms with Gasteiger partial charge in [0.1, 0.15) is 5.69 Å². The van der Waals surface area contributed by atoms with E-state index in [-0.39, 0.29) is 18.3 Å². The van der Waals surface area contributed by atoms with E-state index in [0.29, 0.717) is 6.42 Å². The number of hydrogen-bond donors (Lipinski definition) is 2. The summed E-state index contributed by atoms with van der Waals surface area (Å²) >= 11 is 0. The van der Waals surface area contributed by atoms with Gasteiger partial charge in [0.15, 0.2) is 0 Å². The zero-order chi connectivity index (χ0) is 11.3. The molecule has 1 aromatic heterocycles. The number of methoxy groups -OCH3 is 1. The fourth-order valence-electron chi connectivity index (χ4n) is 1.16. The topological polar surface area (TPSA) is 85.4 Å².